The van der Waals surface area contributed by atoms with E-state index in [1.807, 2.05) is 13.8 Å². The quantitative estimate of drug-likeness (QED) is 0.607. The fourth-order valence-corrected chi connectivity index (χ4v) is 2.93. The third-order valence-electron chi connectivity index (χ3n) is 4.12. The minimum atomic E-state index is -0.780. The van der Waals surface area contributed by atoms with E-state index in [9.17, 15) is 14.4 Å². The second-order valence-corrected chi connectivity index (χ2v) is 6.74. The summed E-state index contributed by atoms with van der Waals surface area (Å²) in [7, 11) is 0. The van der Waals surface area contributed by atoms with Crippen molar-refractivity contribution in [1.82, 2.24) is 5.32 Å². The summed E-state index contributed by atoms with van der Waals surface area (Å²) < 4.78 is 5.52. The lowest BCUT2D eigenvalue weighted by Crippen LogP contribution is -2.54. The van der Waals surface area contributed by atoms with E-state index in [4.69, 9.17) is 16.3 Å². The number of nitrogens with one attached hydrogen (secondary N) is 1. The van der Waals surface area contributed by atoms with Crippen LogP contribution in [-0.2, 0) is 9.59 Å². The Hall–Kier alpha value is -3.12. The number of benzene rings is 2. The van der Waals surface area contributed by atoms with Crippen molar-refractivity contribution in [2.75, 3.05) is 11.5 Å². The predicted molar refractivity (Wildman–Crippen MR) is 107 cm³/mol. The van der Waals surface area contributed by atoms with Gasteiger partial charge < -0.3 is 4.74 Å². The number of amides is 4. The molecule has 1 heterocycles. The number of anilines is 1. The molecule has 0 aliphatic carbocycles. The van der Waals surface area contributed by atoms with Gasteiger partial charge in [-0.15, -0.1) is 0 Å². The van der Waals surface area contributed by atoms with Gasteiger partial charge >= 0.3 is 6.03 Å². The monoisotopic (exact) mass is 398 g/mol. The van der Waals surface area contributed by atoms with Crippen molar-refractivity contribution in [3.63, 3.8) is 0 Å². The number of carbonyl (C=O) groups excluding carboxylic acids is 3. The van der Waals surface area contributed by atoms with E-state index < -0.39 is 17.8 Å². The summed E-state index contributed by atoms with van der Waals surface area (Å²) in [5.41, 5.74) is 1.76. The highest BCUT2D eigenvalue weighted by atomic mass is 35.5. The van der Waals surface area contributed by atoms with Crippen LogP contribution in [0, 0.1) is 6.92 Å². The van der Waals surface area contributed by atoms with Gasteiger partial charge in [-0.25, -0.2) is 9.69 Å². The molecule has 0 atom stereocenters. The zero-order valence-electron chi connectivity index (χ0n) is 15.5. The summed E-state index contributed by atoms with van der Waals surface area (Å²) in [5.74, 6) is -0.914. The smallest absolute Gasteiger partial charge is 0.335 e. The minimum Gasteiger partial charge on any atom is -0.492 e. The van der Waals surface area contributed by atoms with E-state index in [-0.39, 0.29) is 5.57 Å². The number of imide groups is 2. The summed E-state index contributed by atoms with van der Waals surface area (Å²) in [5, 5.41) is 2.57. The third-order valence-corrected chi connectivity index (χ3v) is 4.42. The Labute approximate surface area is 167 Å². The van der Waals surface area contributed by atoms with Crippen LogP contribution in [0.2, 0.25) is 5.02 Å². The molecule has 144 valence electrons. The largest absolute Gasteiger partial charge is 0.492 e. The molecule has 1 N–H and O–H groups in total. The molecule has 2 aromatic carbocycles. The van der Waals surface area contributed by atoms with Crippen LogP contribution in [-0.4, -0.2) is 24.5 Å². The summed E-state index contributed by atoms with van der Waals surface area (Å²) in [6.45, 7) is 4.42. The third kappa shape index (κ3) is 4.07. The number of aryl methyl sites for hydroxylation is 1. The van der Waals surface area contributed by atoms with Gasteiger partial charge in [0.1, 0.15) is 11.3 Å². The number of hydrogen-bond acceptors (Lipinski definition) is 4. The van der Waals surface area contributed by atoms with Gasteiger partial charge in [-0.2, -0.15) is 0 Å². The van der Waals surface area contributed by atoms with Gasteiger partial charge in [0.05, 0.1) is 17.3 Å². The average molecular weight is 399 g/mol. The van der Waals surface area contributed by atoms with Crippen LogP contribution in [0.5, 0.6) is 5.75 Å². The number of nitrogens with zero attached hydrogens (tertiary/aromatic N) is 1. The summed E-state index contributed by atoms with van der Waals surface area (Å²) in [6, 6.07) is 11.1. The first-order chi connectivity index (χ1) is 13.4. The highest BCUT2D eigenvalue weighted by Gasteiger charge is 2.36. The van der Waals surface area contributed by atoms with Gasteiger partial charge in [0.15, 0.2) is 0 Å². The fraction of sp³-hybridized carbons (Fsp3) is 0.190. The Morgan fingerprint density at radius 3 is 2.46 bits per heavy atom. The van der Waals surface area contributed by atoms with Crippen molar-refractivity contribution >= 4 is 41.2 Å². The summed E-state index contributed by atoms with van der Waals surface area (Å²) in [6.07, 6.45) is 2.25. The highest BCUT2D eigenvalue weighted by molar-refractivity contribution is 6.39. The number of barbiturate groups is 1. The highest BCUT2D eigenvalue weighted by Crippen LogP contribution is 2.28. The zero-order chi connectivity index (χ0) is 20.3. The molecule has 1 saturated heterocycles. The number of carbonyl (C=O) groups is 3. The van der Waals surface area contributed by atoms with Gasteiger partial charge in [0.2, 0.25) is 0 Å². The molecule has 0 radical (unpaired) electrons. The molecule has 6 nitrogen and oxygen atoms in total. The normalized spacial score (nSPS) is 15.8. The van der Waals surface area contributed by atoms with E-state index in [1.54, 1.807) is 42.5 Å². The van der Waals surface area contributed by atoms with Crippen molar-refractivity contribution in [2.45, 2.75) is 20.3 Å². The Morgan fingerprint density at radius 2 is 1.82 bits per heavy atom. The van der Waals surface area contributed by atoms with Crippen molar-refractivity contribution in [1.29, 1.82) is 0 Å². The van der Waals surface area contributed by atoms with Crippen LogP contribution in [0.3, 0.4) is 0 Å². The van der Waals surface area contributed by atoms with Crippen LogP contribution in [0.4, 0.5) is 10.5 Å². The molecule has 7 heteroatoms. The van der Waals surface area contributed by atoms with Crippen molar-refractivity contribution in [2.24, 2.45) is 0 Å². The number of rotatable bonds is 5. The number of halogens is 1. The Balaban J connectivity index is 1.92. The number of ether oxygens (including phenoxy) is 1. The zero-order valence-corrected chi connectivity index (χ0v) is 16.2. The molecule has 28 heavy (non-hydrogen) atoms. The van der Waals surface area contributed by atoms with Crippen LogP contribution in [0.15, 0.2) is 48.0 Å². The first-order valence-electron chi connectivity index (χ1n) is 8.81. The van der Waals surface area contributed by atoms with Gasteiger partial charge in [-0.3, -0.25) is 14.9 Å². The van der Waals surface area contributed by atoms with Crippen molar-refractivity contribution in [3.8, 4) is 5.75 Å². The molecule has 1 aliphatic heterocycles. The second-order valence-electron chi connectivity index (χ2n) is 6.33. The topological polar surface area (TPSA) is 75.7 Å². The van der Waals surface area contributed by atoms with Crippen LogP contribution in [0.1, 0.15) is 24.5 Å². The van der Waals surface area contributed by atoms with Gasteiger partial charge in [0.25, 0.3) is 11.8 Å². The molecule has 0 saturated carbocycles. The van der Waals surface area contributed by atoms with Crippen LogP contribution >= 0.6 is 11.6 Å². The minimum absolute atomic E-state index is 0.154. The molecule has 0 aromatic heterocycles. The molecule has 2 aromatic rings. The lowest BCUT2D eigenvalue weighted by molar-refractivity contribution is -0.122. The molecule has 3 rings (SSSR count). The van der Waals surface area contributed by atoms with E-state index in [1.165, 1.54) is 6.08 Å². The lowest BCUT2D eigenvalue weighted by Gasteiger charge is -2.26. The van der Waals surface area contributed by atoms with Gasteiger partial charge in [-0.1, -0.05) is 42.3 Å². The molecule has 4 amide bonds. The van der Waals surface area contributed by atoms with Crippen molar-refractivity contribution in [3.05, 3.63) is 64.2 Å². The first kappa shape index (κ1) is 19.6. The maximum atomic E-state index is 12.8. The van der Waals surface area contributed by atoms with E-state index in [2.05, 4.69) is 5.32 Å². The molecule has 0 spiro atoms. The van der Waals surface area contributed by atoms with Crippen LogP contribution in [0.25, 0.3) is 6.08 Å². The lowest BCUT2D eigenvalue weighted by atomic mass is 10.1. The standard InChI is InChI=1S/C21H19ClN2O4/c1-3-10-28-18-9-6-14(12-17(18)22)11-16-19(25)23-21(27)24(20(16)26)15-7-4-13(2)5-8-15/h4-9,11-12H,3,10H2,1-2H3,(H,23,25,27)/b16-11+. The maximum absolute atomic E-state index is 12.8. The summed E-state index contributed by atoms with van der Waals surface area (Å²) in [4.78, 5) is 38.2. The fourth-order valence-electron chi connectivity index (χ4n) is 2.69. The molecular formula is C21H19ClN2O4. The number of hydrogen-bond donors (Lipinski definition) is 1. The maximum Gasteiger partial charge on any atom is 0.335 e. The molecule has 1 aliphatic rings. The summed E-state index contributed by atoms with van der Waals surface area (Å²) >= 11 is 6.21. The second kappa shape index (κ2) is 8.27. The Kier molecular flexibility index (Phi) is 5.80. The van der Waals surface area contributed by atoms with Crippen molar-refractivity contribution < 1.29 is 19.1 Å². The van der Waals surface area contributed by atoms with Crippen LogP contribution < -0.4 is 15.0 Å². The Bertz CT molecular complexity index is 967. The van der Waals surface area contributed by atoms with E-state index in [0.29, 0.717) is 28.6 Å². The SMILES string of the molecule is CCCOc1ccc(/C=C2\C(=O)NC(=O)N(c3ccc(C)cc3)C2=O)cc1Cl. The Morgan fingerprint density at radius 1 is 1.11 bits per heavy atom. The molecule has 1 fully saturated rings. The molecule has 0 bridgehead atoms. The first-order valence-corrected chi connectivity index (χ1v) is 9.19. The van der Waals surface area contributed by atoms with Gasteiger partial charge in [0, 0.05) is 0 Å². The average Bonchev–Trinajstić information content (AvgIpc) is 2.66. The van der Waals surface area contributed by atoms with E-state index >= 15 is 0 Å². The van der Waals surface area contributed by atoms with E-state index in [0.717, 1.165) is 16.9 Å². The molecule has 0 unspecified atom stereocenters. The van der Waals surface area contributed by atoms with Gasteiger partial charge in [-0.05, 0) is 49.2 Å². The molecular weight excluding hydrogens is 380 g/mol. The predicted octanol–water partition coefficient (Wildman–Crippen LogP) is 4.10. The number of urea groups is 1.